The number of rotatable bonds is 4. The van der Waals surface area contributed by atoms with E-state index >= 15 is 0 Å². The largest absolute Gasteiger partial charge is 0.468 e. The molecule has 0 saturated carbocycles. The van der Waals surface area contributed by atoms with E-state index in [1.165, 1.54) is 12.7 Å². The fourth-order valence-electron chi connectivity index (χ4n) is 2.33. The van der Waals surface area contributed by atoms with Crippen LogP contribution < -0.4 is 0 Å². The number of likely N-dealkylation sites (tertiary alicyclic amines) is 1. The van der Waals surface area contributed by atoms with Gasteiger partial charge in [-0.05, 0) is 24.1 Å². The Hall–Kier alpha value is -1.46. The molecule has 2 rings (SSSR count). The molecule has 98 valence electrons. The van der Waals surface area contributed by atoms with Crippen LogP contribution in [0.15, 0.2) is 24.5 Å². The average Bonchev–Trinajstić information content (AvgIpc) is 2.78. The van der Waals surface area contributed by atoms with Crippen molar-refractivity contribution in [1.29, 1.82) is 0 Å². The van der Waals surface area contributed by atoms with E-state index < -0.39 is 6.10 Å². The number of carbonyl (C=O) groups excluding carboxylic acids is 1. The molecular weight excluding hydrogens is 232 g/mol. The van der Waals surface area contributed by atoms with Crippen molar-refractivity contribution >= 4 is 5.97 Å². The van der Waals surface area contributed by atoms with Crippen molar-refractivity contribution in [3.8, 4) is 0 Å². The van der Waals surface area contributed by atoms with Gasteiger partial charge in [0, 0.05) is 31.9 Å². The molecule has 5 heteroatoms. The van der Waals surface area contributed by atoms with E-state index in [0.29, 0.717) is 13.0 Å². The van der Waals surface area contributed by atoms with E-state index in [0.717, 1.165) is 13.0 Å². The molecule has 1 aliphatic rings. The highest BCUT2D eigenvalue weighted by atomic mass is 16.5. The SMILES string of the molecule is COC(=O)C1CC(O)CN1CCc1ccncc1. The Bertz CT molecular complexity index is 396. The van der Waals surface area contributed by atoms with Crippen LogP contribution in [0, 0.1) is 0 Å². The van der Waals surface area contributed by atoms with E-state index in [2.05, 4.69) is 4.98 Å². The highest BCUT2D eigenvalue weighted by Gasteiger charge is 2.36. The van der Waals surface area contributed by atoms with Crippen LogP contribution in [0.2, 0.25) is 0 Å². The number of aliphatic hydroxyl groups is 1. The first kappa shape index (κ1) is 13.0. The molecule has 0 amide bonds. The molecule has 2 atom stereocenters. The quantitative estimate of drug-likeness (QED) is 0.775. The summed E-state index contributed by atoms with van der Waals surface area (Å²) < 4.78 is 4.76. The highest BCUT2D eigenvalue weighted by molar-refractivity contribution is 5.76. The van der Waals surface area contributed by atoms with Crippen molar-refractivity contribution in [3.63, 3.8) is 0 Å². The van der Waals surface area contributed by atoms with Crippen LogP contribution in [-0.2, 0) is 16.0 Å². The maximum atomic E-state index is 11.6. The summed E-state index contributed by atoms with van der Waals surface area (Å²) in [7, 11) is 1.38. The van der Waals surface area contributed by atoms with E-state index in [1.54, 1.807) is 12.4 Å². The monoisotopic (exact) mass is 250 g/mol. The normalized spacial score (nSPS) is 24.1. The molecule has 0 bridgehead atoms. The van der Waals surface area contributed by atoms with Gasteiger partial charge in [0.25, 0.3) is 0 Å². The minimum atomic E-state index is -0.438. The summed E-state index contributed by atoms with van der Waals surface area (Å²) in [6.45, 7) is 1.27. The number of carbonyl (C=O) groups is 1. The minimum Gasteiger partial charge on any atom is -0.468 e. The van der Waals surface area contributed by atoms with Gasteiger partial charge in [-0.2, -0.15) is 0 Å². The standard InChI is InChI=1S/C13H18N2O3/c1-18-13(17)12-8-11(16)9-15(12)7-4-10-2-5-14-6-3-10/h2-3,5-6,11-12,16H,4,7-9H2,1H3. The number of pyridine rings is 1. The zero-order chi connectivity index (χ0) is 13.0. The molecule has 5 nitrogen and oxygen atoms in total. The van der Waals surface area contributed by atoms with Crippen molar-refractivity contribution in [3.05, 3.63) is 30.1 Å². The lowest BCUT2D eigenvalue weighted by Gasteiger charge is -2.21. The Balaban J connectivity index is 1.93. The van der Waals surface area contributed by atoms with Gasteiger partial charge >= 0.3 is 5.97 Å². The number of nitrogens with zero attached hydrogens (tertiary/aromatic N) is 2. The molecule has 18 heavy (non-hydrogen) atoms. The van der Waals surface area contributed by atoms with E-state index in [1.807, 2.05) is 17.0 Å². The Morgan fingerprint density at radius 3 is 2.94 bits per heavy atom. The lowest BCUT2D eigenvalue weighted by Crippen LogP contribution is -2.38. The Morgan fingerprint density at radius 1 is 1.56 bits per heavy atom. The summed E-state index contributed by atoms with van der Waals surface area (Å²) in [5, 5.41) is 9.65. The van der Waals surface area contributed by atoms with Crippen molar-refractivity contribution in [1.82, 2.24) is 9.88 Å². The predicted molar refractivity (Wildman–Crippen MR) is 65.9 cm³/mol. The van der Waals surface area contributed by atoms with Crippen molar-refractivity contribution in [2.75, 3.05) is 20.2 Å². The van der Waals surface area contributed by atoms with Gasteiger partial charge in [-0.3, -0.25) is 14.7 Å². The summed E-state index contributed by atoms with van der Waals surface area (Å²) in [4.78, 5) is 17.5. The summed E-state index contributed by atoms with van der Waals surface area (Å²) >= 11 is 0. The zero-order valence-electron chi connectivity index (χ0n) is 10.5. The van der Waals surface area contributed by atoms with Crippen LogP contribution in [0.1, 0.15) is 12.0 Å². The lowest BCUT2D eigenvalue weighted by atomic mass is 10.1. The molecule has 0 aromatic carbocycles. The summed E-state index contributed by atoms with van der Waals surface area (Å²) in [6.07, 6.45) is 4.37. The Morgan fingerprint density at radius 2 is 2.28 bits per heavy atom. The first-order chi connectivity index (χ1) is 8.70. The number of hydrogen-bond donors (Lipinski definition) is 1. The third-order valence-electron chi connectivity index (χ3n) is 3.29. The summed E-state index contributed by atoms with van der Waals surface area (Å²) in [5.74, 6) is -0.263. The number of aliphatic hydroxyl groups excluding tert-OH is 1. The van der Waals surface area contributed by atoms with E-state index in [4.69, 9.17) is 4.74 Å². The number of ether oxygens (including phenoxy) is 1. The molecule has 2 heterocycles. The molecule has 1 aliphatic heterocycles. The Labute approximate surface area is 106 Å². The van der Waals surface area contributed by atoms with Gasteiger partial charge in [0.05, 0.1) is 13.2 Å². The van der Waals surface area contributed by atoms with Crippen LogP contribution in [-0.4, -0.2) is 53.3 Å². The van der Waals surface area contributed by atoms with Crippen LogP contribution in [0.5, 0.6) is 0 Å². The fraction of sp³-hybridized carbons (Fsp3) is 0.538. The van der Waals surface area contributed by atoms with Crippen molar-refractivity contribution in [2.45, 2.75) is 25.0 Å². The summed E-state index contributed by atoms with van der Waals surface area (Å²) in [6, 6.07) is 3.60. The molecular formula is C13H18N2O3. The average molecular weight is 250 g/mol. The minimum absolute atomic E-state index is 0.263. The van der Waals surface area contributed by atoms with Crippen LogP contribution in [0.4, 0.5) is 0 Å². The number of esters is 1. The molecule has 0 spiro atoms. The van der Waals surface area contributed by atoms with Gasteiger partial charge in [-0.15, -0.1) is 0 Å². The number of aromatic nitrogens is 1. The van der Waals surface area contributed by atoms with Crippen LogP contribution in [0.3, 0.4) is 0 Å². The maximum Gasteiger partial charge on any atom is 0.323 e. The molecule has 1 saturated heterocycles. The van der Waals surface area contributed by atoms with E-state index in [9.17, 15) is 9.90 Å². The molecule has 2 unspecified atom stereocenters. The number of methoxy groups -OCH3 is 1. The van der Waals surface area contributed by atoms with Gasteiger partial charge in [-0.1, -0.05) is 0 Å². The van der Waals surface area contributed by atoms with Crippen molar-refractivity contribution in [2.24, 2.45) is 0 Å². The highest BCUT2D eigenvalue weighted by Crippen LogP contribution is 2.19. The predicted octanol–water partition coefficient (Wildman–Crippen LogP) is 0.232. The maximum absolute atomic E-state index is 11.6. The Kier molecular flexibility index (Phi) is 4.28. The lowest BCUT2D eigenvalue weighted by molar-refractivity contribution is -0.145. The smallest absolute Gasteiger partial charge is 0.323 e. The molecule has 0 radical (unpaired) electrons. The fourth-order valence-corrected chi connectivity index (χ4v) is 2.33. The van der Waals surface area contributed by atoms with Gasteiger partial charge in [0.15, 0.2) is 0 Å². The van der Waals surface area contributed by atoms with Crippen molar-refractivity contribution < 1.29 is 14.6 Å². The first-order valence-corrected chi connectivity index (χ1v) is 6.09. The number of β-amino-alcohol motifs (C(OH)–C–C–N with tert-alkyl or cyclic N) is 1. The summed E-state index contributed by atoms with van der Waals surface area (Å²) in [5.41, 5.74) is 1.18. The molecule has 1 aromatic heterocycles. The second kappa shape index (κ2) is 5.93. The van der Waals surface area contributed by atoms with Gasteiger partial charge in [-0.25, -0.2) is 0 Å². The third-order valence-corrected chi connectivity index (χ3v) is 3.29. The number of hydrogen-bond acceptors (Lipinski definition) is 5. The molecule has 0 aliphatic carbocycles. The third kappa shape index (κ3) is 3.05. The van der Waals surface area contributed by atoms with Crippen LogP contribution >= 0.6 is 0 Å². The zero-order valence-corrected chi connectivity index (χ0v) is 10.5. The van der Waals surface area contributed by atoms with Gasteiger partial charge in [0.1, 0.15) is 6.04 Å². The second-order valence-corrected chi connectivity index (χ2v) is 4.53. The van der Waals surface area contributed by atoms with Crippen LogP contribution in [0.25, 0.3) is 0 Å². The van der Waals surface area contributed by atoms with E-state index in [-0.39, 0.29) is 12.0 Å². The molecule has 1 N–H and O–H groups in total. The molecule has 1 fully saturated rings. The second-order valence-electron chi connectivity index (χ2n) is 4.53. The van der Waals surface area contributed by atoms with Gasteiger partial charge in [0.2, 0.25) is 0 Å². The molecule has 1 aromatic rings. The van der Waals surface area contributed by atoms with Gasteiger partial charge < -0.3 is 9.84 Å². The topological polar surface area (TPSA) is 62.7 Å². The first-order valence-electron chi connectivity index (χ1n) is 6.09.